The topological polar surface area (TPSA) is 71.5 Å². The van der Waals surface area contributed by atoms with Crippen LogP contribution < -0.4 is 5.32 Å². The van der Waals surface area contributed by atoms with Gasteiger partial charge in [-0.05, 0) is 0 Å². The van der Waals surface area contributed by atoms with E-state index in [2.05, 4.69) is 28.9 Å². The van der Waals surface area contributed by atoms with E-state index >= 15 is 0 Å². The first-order valence-corrected chi connectivity index (χ1v) is 6.82. The zero-order valence-electron chi connectivity index (χ0n) is 11.6. The summed E-state index contributed by atoms with van der Waals surface area (Å²) in [6, 6.07) is -0.329. The highest BCUT2D eigenvalue weighted by Crippen LogP contribution is 2.19. The smallest absolute Gasteiger partial charge is 0.325 e. The fourth-order valence-corrected chi connectivity index (χ4v) is 2.16. The van der Waals surface area contributed by atoms with Crippen LogP contribution in [0.1, 0.15) is 30.5 Å². The van der Waals surface area contributed by atoms with Gasteiger partial charge in [0.25, 0.3) is 0 Å². The Hall–Kier alpha value is -1.63. The highest BCUT2D eigenvalue weighted by atomic mass is 32.1. The van der Waals surface area contributed by atoms with Gasteiger partial charge in [0.2, 0.25) is 0 Å². The van der Waals surface area contributed by atoms with Gasteiger partial charge in [-0.3, -0.25) is 4.79 Å². The predicted molar refractivity (Wildman–Crippen MR) is 73.1 cm³/mol. The van der Waals surface area contributed by atoms with Crippen molar-refractivity contribution in [3.05, 3.63) is 16.1 Å². The molecule has 1 aromatic rings. The number of methoxy groups -OCH3 is 1. The minimum Gasteiger partial charge on any atom is -0.468 e. The highest BCUT2D eigenvalue weighted by Gasteiger charge is 2.13. The minimum absolute atomic E-state index is 0.131. The molecule has 0 spiro atoms. The molecule has 6 nitrogen and oxygen atoms in total. The van der Waals surface area contributed by atoms with E-state index in [-0.39, 0.29) is 12.6 Å². The van der Waals surface area contributed by atoms with E-state index in [1.54, 1.807) is 18.4 Å². The lowest BCUT2D eigenvalue weighted by Crippen LogP contribution is -2.39. The van der Waals surface area contributed by atoms with Gasteiger partial charge in [0, 0.05) is 18.3 Å². The molecule has 0 bridgehead atoms. The van der Waals surface area contributed by atoms with Crippen molar-refractivity contribution < 1.29 is 14.3 Å². The average Bonchev–Trinajstić information content (AvgIpc) is 2.83. The van der Waals surface area contributed by atoms with Gasteiger partial charge < -0.3 is 15.0 Å². The standard InChI is InChI=1S/C12H19N3O3S/c1-8(2)11-14-9(7-19-11)6-15(3)12(17)13-5-10(16)18-4/h7-8H,5-6H2,1-4H3,(H,13,17). The maximum absolute atomic E-state index is 11.7. The molecule has 0 radical (unpaired) electrons. The number of carbonyl (C=O) groups is 2. The fraction of sp³-hybridized carbons (Fsp3) is 0.583. The predicted octanol–water partition coefficient (Wildman–Crippen LogP) is 1.58. The summed E-state index contributed by atoms with van der Waals surface area (Å²) in [5.74, 6) is -0.0882. The number of amides is 2. The monoisotopic (exact) mass is 285 g/mol. The summed E-state index contributed by atoms with van der Waals surface area (Å²) < 4.78 is 4.45. The molecule has 106 valence electrons. The van der Waals surface area contributed by atoms with E-state index in [0.29, 0.717) is 12.5 Å². The molecule has 0 aliphatic heterocycles. The second-order valence-electron chi connectivity index (χ2n) is 4.42. The van der Waals surface area contributed by atoms with Crippen molar-refractivity contribution in [2.75, 3.05) is 20.7 Å². The number of rotatable bonds is 5. The molecular weight excluding hydrogens is 266 g/mol. The van der Waals surface area contributed by atoms with Crippen LogP contribution in [0.4, 0.5) is 4.79 Å². The number of aromatic nitrogens is 1. The number of hydrogen-bond donors (Lipinski definition) is 1. The van der Waals surface area contributed by atoms with Crippen LogP contribution in [-0.4, -0.2) is 42.6 Å². The Bertz CT molecular complexity index is 445. The van der Waals surface area contributed by atoms with Crippen molar-refractivity contribution in [1.29, 1.82) is 0 Å². The van der Waals surface area contributed by atoms with Crippen LogP contribution in [0, 0.1) is 0 Å². The Morgan fingerprint density at radius 3 is 2.74 bits per heavy atom. The third-order valence-electron chi connectivity index (χ3n) is 2.42. The van der Waals surface area contributed by atoms with E-state index in [9.17, 15) is 9.59 Å². The SMILES string of the molecule is COC(=O)CNC(=O)N(C)Cc1csc(C(C)C)n1. The number of hydrogen-bond acceptors (Lipinski definition) is 5. The normalized spacial score (nSPS) is 10.4. The molecule has 0 aliphatic carbocycles. The number of carbonyl (C=O) groups excluding carboxylic acids is 2. The van der Waals surface area contributed by atoms with Gasteiger partial charge in [0.15, 0.2) is 0 Å². The molecule has 0 unspecified atom stereocenters. The van der Waals surface area contributed by atoms with Crippen LogP contribution in [0.15, 0.2) is 5.38 Å². The summed E-state index contributed by atoms with van der Waals surface area (Å²) in [5.41, 5.74) is 0.851. The van der Waals surface area contributed by atoms with Crippen LogP contribution in [0.25, 0.3) is 0 Å². The quantitative estimate of drug-likeness (QED) is 0.834. The first kappa shape index (κ1) is 15.4. The molecule has 19 heavy (non-hydrogen) atoms. The highest BCUT2D eigenvalue weighted by molar-refractivity contribution is 7.09. The third-order valence-corrected chi connectivity index (χ3v) is 3.62. The minimum atomic E-state index is -0.475. The molecule has 7 heteroatoms. The van der Waals surface area contributed by atoms with E-state index in [0.717, 1.165) is 10.7 Å². The van der Waals surface area contributed by atoms with Crippen molar-refractivity contribution in [2.45, 2.75) is 26.3 Å². The van der Waals surface area contributed by atoms with Gasteiger partial charge in [-0.2, -0.15) is 0 Å². The lowest BCUT2D eigenvalue weighted by atomic mass is 10.2. The second kappa shape index (κ2) is 7.08. The number of urea groups is 1. The van der Waals surface area contributed by atoms with Crippen LogP contribution >= 0.6 is 11.3 Å². The molecule has 0 aromatic carbocycles. The maximum Gasteiger partial charge on any atom is 0.325 e. The van der Waals surface area contributed by atoms with E-state index in [1.165, 1.54) is 12.0 Å². The number of nitrogens with zero attached hydrogens (tertiary/aromatic N) is 2. The summed E-state index contributed by atoms with van der Waals surface area (Å²) in [6.07, 6.45) is 0. The van der Waals surface area contributed by atoms with Crippen molar-refractivity contribution in [2.24, 2.45) is 0 Å². The maximum atomic E-state index is 11.7. The van der Waals surface area contributed by atoms with Gasteiger partial charge in [0.1, 0.15) is 6.54 Å². The molecule has 2 amide bonds. The second-order valence-corrected chi connectivity index (χ2v) is 5.31. The first-order chi connectivity index (χ1) is 8.93. The van der Waals surface area contributed by atoms with E-state index in [4.69, 9.17) is 0 Å². The van der Waals surface area contributed by atoms with Gasteiger partial charge in [-0.1, -0.05) is 13.8 Å². The molecule has 0 fully saturated rings. The summed E-state index contributed by atoms with van der Waals surface area (Å²) in [6.45, 7) is 4.44. The molecule has 1 N–H and O–H groups in total. The Labute approximate surface area is 116 Å². The lowest BCUT2D eigenvalue weighted by molar-refractivity contribution is -0.139. The van der Waals surface area contributed by atoms with E-state index < -0.39 is 5.97 Å². The first-order valence-electron chi connectivity index (χ1n) is 5.94. The Morgan fingerprint density at radius 1 is 1.53 bits per heavy atom. The summed E-state index contributed by atoms with van der Waals surface area (Å²) >= 11 is 1.59. The van der Waals surface area contributed by atoms with Crippen molar-refractivity contribution in [1.82, 2.24) is 15.2 Å². The number of thiazole rings is 1. The Morgan fingerprint density at radius 2 is 2.21 bits per heavy atom. The lowest BCUT2D eigenvalue weighted by Gasteiger charge is -2.16. The van der Waals surface area contributed by atoms with Gasteiger partial charge in [-0.25, -0.2) is 9.78 Å². The molecule has 0 aliphatic rings. The summed E-state index contributed by atoms with van der Waals surface area (Å²) in [7, 11) is 2.93. The molecule has 1 aromatic heterocycles. The number of nitrogens with one attached hydrogen (secondary N) is 1. The summed E-state index contributed by atoms with van der Waals surface area (Å²) in [4.78, 5) is 28.5. The Kier molecular flexibility index (Phi) is 5.75. The van der Waals surface area contributed by atoms with Gasteiger partial charge >= 0.3 is 12.0 Å². The average molecular weight is 285 g/mol. The molecular formula is C12H19N3O3S. The molecule has 0 atom stereocenters. The van der Waals surface area contributed by atoms with Crippen molar-refractivity contribution in [3.8, 4) is 0 Å². The molecule has 0 saturated heterocycles. The zero-order chi connectivity index (χ0) is 14.4. The van der Waals surface area contributed by atoms with Crippen LogP contribution in [0.3, 0.4) is 0 Å². The van der Waals surface area contributed by atoms with Crippen LogP contribution in [0.5, 0.6) is 0 Å². The van der Waals surface area contributed by atoms with Crippen LogP contribution in [0.2, 0.25) is 0 Å². The van der Waals surface area contributed by atoms with Crippen LogP contribution in [-0.2, 0) is 16.1 Å². The third kappa shape index (κ3) is 4.86. The fourth-order valence-electron chi connectivity index (χ4n) is 1.33. The molecule has 1 heterocycles. The molecule has 0 saturated carbocycles. The largest absolute Gasteiger partial charge is 0.468 e. The van der Waals surface area contributed by atoms with Crippen molar-refractivity contribution in [3.63, 3.8) is 0 Å². The van der Waals surface area contributed by atoms with E-state index in [1.807, 2.05) is 5.38 Å². The number of esters is 1. The van der Waals surface area contributed by atoms with Gasteiger partial charge in [-0.15, -0.1) is 11.3 Å². The number of ether oxygens (including phenoxy) is 1. The molecule has 1 rings (SSSR count). The van der Waals surface area contributed by atoms with Gasteiger partial charge in [0.05, 0.1) is 24.4 Å². The summed E-state index contributed by atoms with van der Waals surface area (Å²) in [5, 5.41) is 5.47. The zero-order valence-corrected chi connectivity index (χ0v) is 12.4. The van der Waals surface area contributed by atoms with Crippen molar-refractivity contribution >= 4 is 23.3 Å². The Balaban J connectivity index is 2.46.